The first-order valence-electron chi connectivity index (χ1n) is 7.18. The topological polar surface area (TPSA) is 108 Å². The average molecular weight is 330 g/mol. The summed E-state index contributed by atoms with van der Waals surface area (Å²) in [5.74, 6) is -1.25. The summed E-state index contributed by atoms with van der Waals surface area (Å²) in [7, 11) is 0. The smallest absolute Gasteiger partial charge is 0.276 e. The molecule has 4 N–H and O–H groups in total. The number of hydrazine groups is 1. The molecule has 7 nitrogen and oxygen atoms in total. The molecule has 0 aliphatic carbocycles. The van der Waals surface area contributed by atoms with E-state index in [1.807, 2.05) is 26.0 Å². The maximum atomic E-state index is 11.8. The Bertz CT molecular complexity index is 774. The van der Waals surface area contributed by atoms with Gasteiger partial charge < -0.3 is 14.9 Å². The lowest BCUT2D eigenvalue weighted by Gasteiger charge is -2.11. The van der Waals surface area contributed by atoms with Crippen LogP contribution in [0, 0.1) is 13.8 Å². The molecule has 0 fully saturated rings. The van der Waals surface area contributed by atoms with Crippen molar-refractivity contribution in [3.05, 3.63) is 53.1 Å². The van der Waals surface area contributed by atoms with E-state index in [0.29, 0.717) is 5.75 Å². The lowest BCUT2D eigenvalue weighted by Crippen LogP contribution is -2.43. The fraction of sp³-hybridized carbons (Fsp3) is 0.176. The predicted octanol–water partition coefficient (Wildman–Crippen LogP) is 1.55. The molecule has 2 aromatic carbocycles. The molecule has 2 aromatic rings. The monoisotopic (exact) mass is 330 g/mol. The van der Waals surface area contributed by atoms with Crippen molar-refractivity contribution in [3.63, 3.8) is 0 Å². The van der Waals surface area contributed by atoms with Gasteiger partial charge in [-0.2, -0.15) is 0 Å². The quantitative estimate of drug-likeness (QED) is 0.636. The summed E-state index contributed by atoms with van der Waals surface area (Å²) in [4.78, 5) is 23.6. The van der Waals surface area contributed by atoms with Gasteiger partial charge in [-0.1, -0.05) is 17.7 Å². The number of amides is 2. The highest BCUT2D eigenvalue weighted by molar-refractivity contribution is 5.98. The third kappa shape index (κ3) is 4.39. The standard InChI is InChI=1S/C17H18N2O5/c1-10-3-6-15(11(2)7-10)24-9-16(22)18-19-17(23)13-5-4-12(20)8-14(13)21/h3-8,20-21H,9H2,1-2H3,(H,18,22)(H,19,23). The minimum Gasteiger partial charge on any atom is -0.508 e. The summed E-state index contributed by atoms with van der Waals surface area (Å²) in [6.07, 6.45) is 0. The van der Waals surface area contributed by atoms with Crippen LogP contribution in [0.5, 0.6) is 17.2 Å². The van der Waals surface area contributed by atoms with Crippen LogP contribution in [0.1, 0.15) is 21.5 Å². The summed E-state index contributed by atoms with van der Waals surface area (Å²) in [6.45, 7) is 3.55. The number of phenols is 2. The first-order valence-corrected chi connectivity index (χ1v) is 7.18. The fourth-order valence-corrected chi connectivity index (χ4v) is 2.05. The zero-order valence-corrected chi connectivity index (χ0v) is 13.3. The summed E-state index contributed by atoms with van der Waals surface area (Å²) in [5, 5.41) is 18.8. The maximum absolute atomic E-state index is 11.8. The number of ether oxygens (including phenoxy) is 1. The van der Waals surface area contributed by atoms with E-state index in [-0.39, 0.29) is 17.9 Å². The molecule has 24 heavy (non-hydrogen) atoms. The van der Waals surface area contributed by atoms with Gasteiger partial charge in [-0.05, 0) is 37.6 Å². The Balaban J connectivity index is 1.85. The van der Waals surface area contributed by atoms with E-state index < -0.39 is 17.6 Å². The highest BCUT2D eigenvalue weighted by Gasteiger charge is 2.13. The molecular weight excluding hydrogens is 312 g/mol. The Kier molecular flexibility index (Phi) is 5.26. The van der Waals surface area contributed by atoms with Crippen molar-refractivity contribution in [1.82, 2.24) is 10.9 Å². The van der Waals surface area contributed by atoms with E-state index in [0.717, 1.165) is 17.2 Å². The molecule has 0 atom stereocenters. The number of aromatic hydroxyl groups is 2. The second kappa shape index (κ2) is 7.36. The van der Waals surface area contributed by atoms with Crippen molar-refractivity contribution in [1.29, 1.82) is 0 Å². The van der Waals surface area contributed by atoms with Crippen LogP contribution in [0.25, 0.3) is 0 Å². The van der Waals surface area contributed by atoms with Gasteiger partial charge in [0.2, 0.25) is 0 Å². The molecule has 2 rings (SSSR count). The number of nitrogens with one attached hydrogen (secondary N) is 2. The van der Waals surface area contributed by atoms with E-state index in [2.05, 4.69) is 10.9 Å². The van der Waals surface area contributed by atoms with Gasteiger partial charge in [-0.3, -0.25) is 20.4 Å². The molecule has 0 saturated heterocycles. The Morgan fingerprint density at radius 2 is 1.79 bits per heavy atom. The van der Waals surface area contributed by atoms with E-state index in [9.17, 15) is 19.8 Å². The van der Waals surface area contributed by atoms with Gasteiger partial charge in [0.15, 0.2) is 6.61 Å². The number of carbonyl (C=O) groups excluding carboxylic acids is 2. The number of carbonyl (C=O) groups is 2. The van der Waals surface area contributed by atoms with E-state index >= 15 is 0 Å². The molecule has 0 aromatic heterocycles. The lowest BCUT2D eigenvalue weighted by molar-refractivity contribution is -0.123. The van der Waals surface area contributed by atoms with Crippen molar-refractivity contribution in [2.45, 2.75) is 13.8 Å². The Morgan fingerprint density at radius 1 is 1.04 bits per heavy atom. The van der Waals surface area contributed by atoms with Crippen LogP contribution < -0.4 is 15.6 Å². The van der Waals surface area contributed by atoms with Gasteiger partial charge in [-0.15, -0.1) is 0 Å². The van der Waals surface area contributed by atoms with Crippen LogP contribution in [0.4, 0.5) is 0 Å². The van der Waals surface area contributed by atoms with E-state index in [1.54, 1.807) is 6.07 Å². The molecular formula is C17H18N2O5. The SMILES string of the molecule is Cc1ccc(OCC(=O)NNC(=O)c2ccc(O)cc2O)c(C)c1. The largest absolute Gasteiger partial charge is 0.508 e. The molecule has 0 heterocycles. The van der Waals surface area contributed by atoms with Gasteiger partial charge in [0, 0.05) is 6.07 Å². The second-order valence-corrected chi connectivity index (χ2v) is 5.26. The van der Waals surface area contributed by atoms with Gasteiger partial charge in [0.1, 0.15) is 17.2 Å². The molecule has 7 heteroatoms. The highest BCUT2D eigenvalue weighted by atomic mass is 16.5. The molecule has 0 spiro atoms. The number of hydrogen-bond donors (Lipinski definition) is 4. The molecule has 0 aliphatic heterocycles. The van der Waals surface area contributed by atoms with Crippen molar-refractivity contribution in [2.75, 3.05) is 6.61 Å². The summed E-state index contributed by atoms with van der Waals surface area (Å²) in [6, 6.07) is 9.08. The minimum atomic E-state index is -0.715. The molecule has 0 radical (unpaired) electrons. The van der Waals surface area contributed by atoms with Gasteiger partial charge >= 0.3 is 0 Å². The average Bonchev–Trinajstić information content (AvgIpc) is 2.51. The highest BCUT2D eigenvalue weighted by Crippen LogP contribution is 2.22. The predicted molar refractivity (Wildman–Crippen MR) is 86.8 cm³/mol. The molecule has 0 aliphatic rings. The number of hydrogen-bond acceptors (Lipinski definition) is 5. The van der Waals surface area contributed by atoms with E-state index in [1.165, 1.54) is 12.1 Å². The van der Waals surface area contributed by atoms with Crippen molar-refractivity contribution in [3.8, 4) is 17.2 Å². The van der Waals surface area contributed by atoms with Crippen LogP contribution >= 0.6 is 0 Å². The Morgan fingerprint density at radius 3 is 2.46 bits per heavy atom. The Hall–Kier alpha value is -3.22. The van der Waals surface area contributed by atoms with Crippen LogP contribution in [0.3, 0.4) is 0 Å². The first kappa shape index (κ1) is 17.1. The zero-order valence-electron chi connectivity index (χ0n) is 13.3. The maximum Gasteiger partial charge on any atom is 0.276 e. The van der Waals surface area contributed by atoms with Crippen LogP contribution in [-0.2, 0) is 4.79 Å². The first-order chi connectivity index (χ1) is 11.4. The number of benzene rings is 2. The van der Waals surface area contributed by atoms with Crippen LogP contribution in [0.2, 0.25) is 0 Å². The zero-order chi connectivity index (χ0) is 17.7. The van der Waals surface area contributed by atoms with Crippen LogP contribution in [0.15, 0.2) is 36.4 Å². The van der Waals surface area contributed by atoms with Crippen LogP contribution in [-0.4, -0.2) is 28.6 Å². The number of aryl methyl sites for hydroxylation is 2. The molecule has 0 unspecified atom stereocenters. The third-order valence-corrected chi connectivity index (χ3v) is 3.23. The fourth-order valence-electron chi connectivity index (χ4n) is 2.05. The Labute approximate surface area is 138 Å². The van der Waals surface area contributed by atoms with Crippen molar-refractivity contribution >= 4 is 11.8 Å². The van der Waals surface area contributed by atoms with E-state index in [4.69, 9.17) is 4.74 Å². The summed E-state index contributed by atoms with van der Waals surface area (Å²) in [5.41, 5.74) is 6.26. The van der Waals surface area contributed by atoms with Gasteiger partial charge in [0.25, 0.3) is 11.8 Å². The minimum absolute atomic E-state index is 0.0802. The summed E-state index contributed by atoms with van der Waals surface area (Å²) < 4.78 is 5.39. The number of phenolic OH excluding ortho intramolecular Hbond substituents is 2. The lowest BCUT2D eigenvalue weighted by atomic mass is 10.1. The third-order valence-electron chi connectivity index (χ3n) is 3.23. The van der Waals surface area contributed by atoms with Gasteiger partial charge in [-0.25, -0.2) is 0 Å². The number of rotatable bonds is 4. The summed E-state index contributed by atoms with van der Waals surface area (Å²) >= 11 is 0. The molecule has 126 valence electrons. The van der Waals surface area contributed by atoms with Crippen molar-refractivity contribution in [2.24, 2.45) is 0 Å². The normalized spacial score (nSPS) is 10.1. The van der Waals surface area contributed by atoms with Crippen molar-refractivity contribution < 1.29 is 24.5 Å². The molecule has 2 amide bonds. The second-order valence-electron chi connectivity index (χ2n) is 5.26. The molecule has 0 saturated carbocycles. The molecule has 0 bridgehead atoms. The van der Waals surface area contributed by atoms with Gasteiger partial charge in [0.05, 0.1) is 5.56 Å².